The first-order chi connectivity index (χ1) is 20.5. The molecule has 3 fully saturated rings. The van der Waals surface area contributed by atoms with Crippen molar-refractivity contribution >= 4 is 11.8 Å². The minimum atomic E-state index is -2.85. The maximum Gasteiger partial charge on any atom is 0.263 e. The number of ether oxygens (including phenoxy) is 1. The molecule has 3 aliphatic carbocycles. The van der Waals surface area contributed by atoms with Gasteiger partial charge in [0.15, 0.2) is 0 Å². The van der Waals surface area contributed by atoms with Crippen molar-refractivity contribution in [1.29, 1.82) is 0 Å². The smallest absolute Gasteiger partial charge is 0.263 e. The number of amides is 2. The van der Waals surface area contributed by atoms with E-state index in [9.17, 15) is 27.2 Å². The molecule has 0 radical (unpaired) electrons. The standard InChI is InChI=1S/C32H48F4N2O3.C2H6/c1-4-26(18-22(2)30(33)34)29(31(40)37-20-24-8-6-5-7-9-24)38(21-25-16-17-32(35,36)19-25)28(39)15-12-23-10-13-27(41-3)14-11-23;1-2/h4,18,23-25,27,29-30H,1-2,5-17,19-21H2,3H3,(H,37,40);1-2H3/b26-18+;. The van der Waals surface area contributed by atoms with Crippen molar-refractivity contribution in [3.8, 4) is 0 Å². The van der Waals surface area contributed by atoms with Crippen molar-refractivity contribution in [1.82, 2.24) is 10.2 Å². The highest BCUT2D eigenvalue weighted by atomic mass is 19.3. The van der Waals surface area contributed by atoms with Gasteiger partial charge in [0.05, 0.1) is 6.10 Å². The molecule has 1 N–H and O–H groups in total. The Morgan fingerprint density at radius 2 is 1.65 bits per heavy atom. The summed E-state index contributed by atoms with van der Waals surface area (Å²) < 4.78 is 60.7. The number of hydrogen-bond acceptors (Lipinski definition) is 3. The molecular formula is C34H54F4N2O3. The van der Waals surface area contributed by atoms with E-state index in [0.717, 1.165) is 63.9 Å². The van der Waals surface area contributed by atoms with Crippen LogP contribution in [0.2, 0.25) is 0 Å². The Kier molecular flexibility index (Phi) is 16.0. The van der Waals surface area contributed by atoms with Crippen LogP contribution < -0.4 is 5.32 Å². The molecule has 2 amide bonds. The molecule has 246 valence electrons. The van der Waals surface area contributed by atoms with Gasteiger partial charge < -0.3 is 15.0 Å². The largest absolute Gasteiger partial charge is 0.381 e. The molecule has 0 aromatic carbocycles. The van der Waals surface area contributed by atoms with E-state index in [1.807, 2.05) is 13.8 Å². The molecule has 0 aliphatic heterocycles. The zero-order valence-electron chi connectivity index (χ0n) is 26.5. The van der Waals surface area contributed by atoms with Crippen molar-refractivity contribution in [2.75, 3.05) is 20.2 Å². The molecule has 0 spiro atoms. The summed E-state index contributed by atoms with van der Waals surface area (Å²) in [5.74, 6) is -3.51. The minimum Gasteiger partial charge on any atom is -0.381 e. The van der Waals surface area contributed by atoms with Crippen molar-refractivity contribution < 1.29 is 31.9 Å². The first kappa shape index (κ1) is 37.0. The van der Waals surface area contributed by atoms with Crippen LogP contribution >= 0.6 is 0 Å². The fourth-order valence-corrected chi connectivity index (χ4v) is 6.69. The molecule has 0 aromatic rings. The lowest BCUT2D eigenvalue weighted by Crippen LogP contribution is -2.52. The Bertz CT molecular complexity index is 925. The topological polar surface area (TPSA) is 58.6 Å². The lowest BCUT2D eigenvalue weighted by atomic mass is 9.84. The van der Waals surface area contributed by atoms with E-state index in [0.29, 0.717) is 24.8 Å². The molecule has 5 nitrogen and oxygen atoms in total. The molecule has 0 heterocycles. The molecule has 9 heteroatoms. The Hall–Kier alpha value is -2.16. The van der Waals surface area contributed by atoms with E-state index in [2.05, 4.69) is 18.5 Å². The van der Waals surface area contributed by atoms with Gasteiger partial charge in [0.25, 0.3) is 6.43 Å². The Morgan fingerprint density at radius 3 is 2.19 bits per heavy atom. The van der Waals surface area contributed by atoms with Crippen LogP contribution in [0.1, 0.15) is 104 Å². The van der Waals surface area contributed by atoms with Crippen LogP contribution in [-0.4, -0.2) is 61.4 Å². The van der Waals surface area contributed by atoms with E-state index < -0.39 is 35.8 Å². The van der Waals surface area contributed by atoms with E-state index in [-0.39, 0.29) is 49.8 Å². The third kappa shape index (κ3) is 12.0. The quantitative estimate of drug-likeness (QED) is 0.158. The summed E-state index contributed by atoms with van der Waals surface area (Å²) in [5, 5.41) is 2.96. The van der Waals surface area contributed by atoms with Gasteiger partial charge in [-0.15, -0.1) is 0 Å². The van der Waals surface area contributed by atoms with E-state index in [1.165, 1.54) is 11.0 Å². The molecular weight excluding hydrogens is 560 g/mol. The second-order valence-corrected chi connectivity index (χ2v) is 12.3. The average Bonchev–Trinajstić information content (AvgIpc) is 3.37. The van der Waals surface area contributed by atoms with Crippen LogP contribution in [0.4, 0.5) is 17.6 Å². The van der Waals surface area contributed by atoms with Gasteiger partial charge in [-0.3, -0.25) is 9.59 Å². The first-order valence-corrected chi connectivity index (χ1v) is 16.3. The van der Waals surface area contributed by atoms with Crippen molar-refractivity contribution in [2.24, 2.45) is 17.8 Å². The van der Waals surface area contributed by atoms with E-state index in [4.69, 9.17) is 4.74 Å². The van der Waals surface area contributed by atoms with Crippen LogP contribution in [0.5, 0.6) is 0 Å². The van der Waals surface area contributed by atoms with Crippen molar-refractivity contribution in [3.05, 3.63) is 36.5 Å². The number of rotatable bonds is 14. The summed E-state index contributed by atoms with van der Waals surface area (Å²) in [7, 11) is 1.70. The second kappa shape index (κ2) is 18.6. The Balaban J connectivity index is 0.00000316. The molecule has 0 aromatic heterocycles. The monoisotopic (exact) mass is 614 g/mol. The molecule has 3 aliphatic rings. The normalized spacial score (nSPS) is 24.9. The van der Waals surface area contributed by atoms with Gasteiger partial charge in [-0.05, 0) is 80.8 Å². The summed E-state index contributed by atoms with van der Waals surface area (Å²) in [6.07, 6.45) is 9.13. The lowest BCUT2D eigenvalue weighted by Gasteiger charge is -2.35. The van der Waals surface area contributed by atoms with Crippen LogP contribution in [-0.2, 0) is 14.3 Å². The fraction of sp³-hybridized carbons (Fsp3) is 0.765. The van der Waals surface area contributed by atoms with E-state index in [1.54, 1.807) is 7.11 Å². The number of carbonyl (C=O) groups is 2. The number of nitrogens with one attached hydrogen (secondary N) is 1. The molecule has 2 atom stereocenters. The maximum atomic E-state index is 14.2. The van der Waals surface area contributed by atoms with Gasteiger partial charge in [-0.1, -0.05) is 52.3 Å². The SMILES string of the molecule is C=C/C(=C\C(=C)C(F)F)C(C(=O)NCC1CCCCC1)N(CC1CCC(F)(F)C1)C(=O)CCC1CCC(OC)CC1.CC. The molecule has 3 saturated carbocycles. The number of halogens is 4. The molecule has 2 unspecified atom stereocenters. The molecule has 0 saturated heterocycles. The molecule has 3 rings (SSSR count). The van der Waals surface area contributed by atoms with Gasteiger partial charge in [-0.2, -0.15) is 0 Å². The number of nitrogens with zero attached hydrogens (tertiary/aromatic N) is 1. The van der Waals surface area contributed by atoms with Gasteiger partial charge in [0.1, 0.15) is 6.04 Å². The number of methoxy groups -OCH3 is 1. The summed E-state index contributed by atoms with van der Waals surface area (Å²) >= 11 is 0. The highest BCUT2D eigenvalue weighted by molar-refractivity contribution is 5.91. The number of alkyl halides is 4. The summed E-state index contributed by atoms with van der Waals surface area (Å²) in [5.41, 5.74) is -0.380. The highest BCUT2D eigenvalue weighted by Gasteiger charge is 2.42. The van der Waals surface area contributed by atoms with Crippen LogP contribution in [0.15, 0.2) is 36.5 Å². The predicted octanol–water partition coefficient (Wildman–Crippen LogP) is 8.26. The summed E-state index contributed by atoms with van der Waals surface area (Å²) in [4.78, 5) is 29.0. The Morgan fingerprint density at radius 1 is 1.00 bits per heavy atom. The van der Waals surface area contributed by atoms with Gasteiger partial charge in [0, 0.05) is 45.0 Å². The van der Waals surface area contributed by atoms with Gasteiger partial charge in [0.2, 0.25) is 17.7 Å². The summed E-state index contributed by atoms with van der Waals surface area (Å²) in [6, 6.07) is -1.25. The highest BCUT2D eigenvalue weighted by Crippen LogP contribution is 2.40. The third-order valence-corrected chi connectivity index (χ3v) is 9.21. The second-order valence-electron chi connectivity index (χ2n) is 12.3. The number of hydrogen-bond donors (Lipinski definition) is 1. The van der Waals surface area contributed by atoms with Crippen molar-refractivity contribution in [3.63, 3.8) is 0 Å². The van der Waals surface area contributed by atoms with Crippen molar-refractivity contribution in [2.45, 2.75) is 128 Å². The van der Waals surface area contributed by atoms with E-state index >= 15 is 0 Å². The summed E-state index contributed by atoms with van der Waals surface area (Å²) in [6.45, 7) is 11.6. The predicted molar refractivity (Wildman–Crippen MR) is 164 cm³/mol. The zero-order valence-corrected chi connectivity index (χ0v) is 26.5. The minimum absolute atomic E-state index is 0.0430. The van der Waals surface area contributed by atoms with Crippen LogP contribution in [0, 0.1) is 17.8 Å². The molecule has 43 heavy (non-hydrogen) atoms. The van der Waals surface area contributed by atoms with Gasteiger partial charge in [-0.25, -0.2) is 17.6 Å². The Labute approximate surface area is 256 Å². The lowest BCUT2D eigenvalue weighted by molar-refractivity contribution is -0.140. The van der Waals surface area contributed by atoms with Crippen LogP contribution in [0.25, 0.3) is 0 Å². The third-order valence-electron chi connectivity index (χ3n) is 9.21. The van der Waals surface area contributed by atoms with Crippen LogP contribution in [0.3, 0.4) is 0 Å². The van der Waals surface area contributed by atoms with Gasteiger partial charge >= 0.3 is 0 Å². The fourth-order valence-electron chi connectivity index (χ4n) is 6.69. The average molecular weight is 615 g/mol. The zero-order chi connectivity index (χ0) is 32.0. The first-order valence-electron chi connectivity index (χ1n) is 16.3. The molecule has 0 bridgehead atoms. The number of carbonyl (C=O) groups excluding carboxylic acids is 2. The maximum absolute atomic E-state index is 14.2. The number of allylic oxidation sites excluding steroid dienone is 2.